The number of piperazine rings is 1. The number of anilines is 3. The van der Waals surface area contributed by atoms with Crippen LogP contribution in [0.4, 0.5) is 26.6 Å². The molecule has 0 radical (unpaired) electrons. The lowest BCUT2D eigenvalue weighted by Crippen LogP contribution is -2.45. The summed E-state index contributed by atoms with van der Waals surface area (Å²) in [6, 6.07) is 4.92. The van der Waals surface area contributed by atoms with Crippen molar-refractivity contribution >= 4 is 17.8 Å². The van der Waals surface area contributed by atoms with Gasteiger partial charge in [-0.2, -0.15) is 15.0 Å². The molecule has 0 unspecified atom stereocenters. The summed E-state index contributed by atoms with van der Waals surface area (Å²) in [5, 5.41) is 2.99. The quantitative estimate of drug-likeness (QED) is 0.685. The van der Waals surface area contributed by atoms with Gasteiger partial charge < -0.3 is 9.80 Å². The fraction of sp³-hybridized carbons (Fsp3) is 0.350. The zero-order valence-electron chi connectivity index (χ0n) is 16.8. The van der Waals surface area contributed by atoms with E-state index in [1.54, 1.807) is 6.07 Å². The normalized spacial score (nSPS) is 14.7. The second-order valence-electron chi connectivity index (χ2n) is 7.03. The second kappa shape index (κ2) is 8.62. The predicted octanol–water partition coefficient (Wildman–Crippen LogP) is 2.66. The Morgan fingerprint density at radius 1 is 0.967 bits per heavy atom. The fourth-order valence-electron chi connectivity index (χ4n) is 3.14. The van der Waals surface area contributed by atoms with Crippen molar-refractivity contribution in [3.8, 4) is 11.3 Å². The Bertz CT molecular complexity index is 1040. The van der Waals surface area contributed by atoms with Crippen LogP contribution in [0.1, 0.15) is 12.7 Å². The minimum Gasteiger partial charge on any atom is -0.338 e. The molecule has 1 aliphatic heterocycles. The van der Waals surface area contributed by atoms with Crippen molar-refractivity contribution in [2.75, 3.05) is 43.4 Å². The van der Waals surface area contributed by atoms with E-state index in [0.29, 0.717) is 29.8 Å². The molecule has 10 heteroatoms. The van der Waals surface area contributed by atoms with Crippen molar-refractivity contribution < 1.29 is 8.78 Å². The molecule has 1 N–H and O–H groups in total. The third-order valence-electron chi connectivity index (χ3n) is 4.86. The van der Waals surface area contributed by atoms with Gasteiger partial charge in [0.05, 0.1) is 5.69 Å². The molecule has 8 nitrogen and oxygen atoms in total. The monoisotopic (exact) mass is 412 g/mol. The van der Waals surface area contributed by atoms with Gasteiger partial charge in [-0.1, -0.05) is 6.92 Å². The van der Waals surface area contributed by atoms with Crippen LogP contribution in [0, 0.1) is 11.6 Å². The Balaban J connectivity index is 1.60. The van der Waals surface area contributed by atoms with Crippen molar-refractivity contribution in [2.24, 2.45) is 0 Å². The van der Waals surface area contributed by atoms with Crippen LogP contribution >= 0.6 is 0 Å². The van der Waals surface area contributed by atoms with Gasteiger partial charge >= 0.3 is 0 Å². The smallest absolute Gasteiger partial charge is 0.234 e. The van der Waals surface area contributed by atoms with Gasteiger partial charge in [-0.15, -0.1) is 0 Å². The lowest BCUT2D eigenvalue weighted by molar-refractivity contribution is 0.311. The molecule has 30 heavy (non-hydrogen) atoms. The average molecular weight is 412 g/mol. The van der Waals surface area contributed by atoms with Crippen LogP contribution in [0.25, 0.3) is 11.3 Å². The first kappa shape index (κ1) is 20.0. The summed E-state index contributed by atoms with van der Waals surface area (Å²) >= 11 is 0. The van der Waals surface area contributed by atoms with Gasteiger partial charge in [0, 0.05) is 50.4 Å². The minimum atomic E-state index is -0.689. The molecule has 0 amide bonds. The van der Waals surface area contributed by atoms with Crippen molar-refractivity contribution in [3.05, 3.63) is 47.9 Å². The van der Waals surface area contributed by atoms with Gasteiger partial charge in [0.1, 0.15) is 17.5 Å². The van der Waals surface area contributed by atoms with Crippen LogP contribution < -0.4 is 10.2 Å². The Kier molecular flexibility index (Phi) is 5.75. The van der Waals surface area contributed by atoms with E-state index in [-0.39, 0.29) is 11.5 Å². The molecular formula is C20H22F2N8. The molecule has 0 saturated carbocycles. The summed E-state index contributed by atoms with van der Waals surface area (Å²) in [4.78, 5) is 26.4. The summed E-state index contributed by atoms with van der Waals surface area (Å²) in [7, 11) is 2.09. The largest absolute Gasteiger partial charge is 0.338 e. The number of benzene rings is 1. The lowest BCUT2D eigenvalue weighted by atomic mass is 10.1. The summed E-state index contributed by atoms with van der Waals surface area (Å²) in [6.45, 7) is 5.51. The van der Waals surface area contributed by atoms with E-state index in [1.807, 2.05) is 6.92 Å². The summed E-state index contributed by atoms with van der Waals surface area (Å²) in [5.41, 5.74) is 0.513. The number of nitrogens with zero attached hydrogens (tertiary/aromatic N) is 7. The highest BCUT2D eigenvalue weighted by molar-refractivity contribution is 5.61. The van der Waals surface area contributed by atoms with E-state index in [4.69, 9.17) is 0 Å². The molecule has 0 bridgehead atoms. The molecule has 3 heterocycles. The van der Waals surface area contributed by atoms with E-state index in [1.165, 1.54) is 18.3 Å². The topological polar surface area (TPSA) is 83.0 Å². The summed E-state index contributed by atoms with van der Waals surface area (Å²) in [6.07, 6.45) is 2.15. The van der Waals surface area contributed by atoms with Gasteiger partial charge in [0.2, 0.25) is 17.8 Å². The third-order valence-corrected chi connectivity index (χ3v) is 4.86. The Labute approximate surface area is 173 Å². The first-order chi connectivity index (χ1) is 14.5. The number of hydrogen-bond donors (Lipinski definition) is 1. The van der Waals surface area contributed by atoms with E-state index < -0.39 is 11.6 Å². The molecule has 0 spiro atoms. The number of rotatable bonds is 5. The molecule has 3 aromatic rings. The summed E-state index contributed by atoms with van der Waals surface area (Å²) < 4.78 is 27.3. The van der Waals surface area contributed by atoms with Crippen LogP contribution in [-0.2, 0) is 6.42 Å². The van der Waals surface area contributed by atoms with E-state index in [9.17, 15) is 8.78 Å². The zero-order chi connectivity index (χ0) is 21.1. The van der Waals surface area contributed by atoms with Crippen LogP contribution in [0.15, 0.2) is 30.5 Å². The van der Waals surface area contributed by atoms with Crippen LogP contribution in [0.3, 0.4) is 0 Å². The SMILES string of the molecule is CCc1nc(Nc2nccc(-c3ccc(F)cc3F)n2)nc(N2CCN(C)CC2)n1. The molecule has 1 saturated heterocycles. The zero-order valence-corrected chi connectivity index (χ0v) is 16.8. The molecule has 4 rings (SSSR count). The van der Waals surface area contributed by atoms with E-state index in [0.717, 1.165) is 32.2 Å². The Morgan fingerprint density at radius 2 is 1.77 bits per heavy atom. The number of aromatic nitrogens is 5. The maximum atomic E-state index is 14.1. The van der Waals surface area contributed by atoms with Gasteiger partial charge in [-0.25, -0.2) is 18.7 Å². The minimum absolute atomic E-state index is 0.185. The second-order valence-corrected chi connectivity index (χ2v) is 7.03. The standard InChI is InChI=1S/C20H22F2N8/c1-3-17-25-19(28-20(26-17)30-10-8-29(2)9-11-30)27-18-23-7-6-16(24-18)14-5-4-13(21)12-15(14)22/h4-7,12H,3,8-11H2,1-2H3,(H,23,24,25,26,27,28). The fourth-order valence-corrected chi connectivity index (χ4v) is 3.14. The van der Waals surface area contributed by atoms with Crippen molar-refractivity contribution in [1.29, 1.82) is 0 Å². The first-order valence-corrected chi connectivity index (χ1v) is 9.76. The molecule has 0 atom stereocenters. The molecule has 0 aliphatic carbocycles. The van der Waals surface area contributed by atoms with Gasteiger partial charge in [-0.3, -0.25) is 5.32 Å². The van der Waals surface area contributed by atoms with Gasteiger partial charge in [-0.05, 0) is 25.2 Å². The van der Waals surface area contributed by atoms with E-state index >= 15 is 0 Å². The van der Waals surface area contributed by atoms with Crippen LogP contribution in [-0.4, -0.2) is 63.0 Å². The number of aryl methyl sites for hydroxylation is 1. The van der Waals surface area contributed by atoms with Crippen LogP contribution in [0.2, 0.25) is 0 Å². The van der Waals surface area contributed by atoms with E-state index in [2.05, 4.69) is 47.1 Å². The third kappa shape index (κ3) is 4.48. The highest BCUT2D eigenvalue weighted by Gasteiger charge is 2.18. The van der Waals surface area contributed by atoms with Gasteiger partial charge in [0.15, 0.2) is 0 Å². The number of likely N-dealkylation sites (N-methyl/N-ethyl adjacent to an activating group) is 1. The molecule has 156 valence electrons. The van der Waals surface area contributed by atoms with Gasteiger partial charge in [0.25, 0.3) is 0 Å². The number of hydrogen-bond acceptors (Lipinski definition) is 8. The first-order valence-electron chi connectivity index (χ1n) is 9.76. The Morgan fingerprint density at radius 3 is 2.50 bits per heavy atom. The average Bonchev–Trinajstić information content (AvgIpc) is 2.74. The lowest BCUT2D eigenvalue weighted by Gasteiger charge is -2.32. The molecular weight excluding hydrogens is 390 g/mol. The molecule has 1 aromatic carbocycles. The number of halogens is 2. The van der Waals surface area contributed by atoms with Crippen LogP contribution in [0.5, 0.6) is 0 Å². The maximum Gasteiger partial charge on any atom is 0.234 e. The predicted molar refractivity (Wildman–Crippen MR) is 110 cm³/mol. The number of nitrogens with one attached hydrogen (secondary N) is 1. The molecule has 1 fully saturated rings. The van der Waals surface area contributed by atoms with Crippen molar-refractivity contribution in [2.45, 2.75) is 13.3 Å². The molecule has 1 aliphatic rings. The highest BCUT2D eigenvalue weighted by atomic mass is 19.1. The molecule has 2 aromatic heterocycles. The van der Waals surface area contributed by atoms with Crippen molar-refractivity contribution in [1.82, 2.24) is 29.8 Å². The van der Waals surface area contributed by atoms with Crippen molar-refractivity contribution in [3.63, 3.8) is 0 Å². The summed E-state index contributed by atoms with van der Waals surface area (Å²) in [5.74, 6) is 0.476. The maximum absolute atomic E-state index is 14.1. The Hall–Kier alpha value is -3.27. The highest BCUT2D eigenvalue weighted by Crippen LogP contribution is 2.23.